The maximum atomic E-state index is 12.8. The molecule has 158 valence electrons. The van der Waals surface area contributed by atoms with E-state index in [-0.39, 0.29) is 29.6 Å². The lowest BCUT2D eigenvalue weighted by molar-refractivity contribution is -0.129. The number of tetrazole rings is 1. The van der Waals surface area contributed by atoms with Crippen molar-refractivity contribution in [1.29, 1.82) is 0 Å². The third-order valence-electron chi connectivity index (χ3n) is 4.61. The minimum absolute atomic E-state index is 0.0403. The van der Waals surface area contributed by atoms with Gasteiger partial charge in [-0.05, 0) is 35.4 Å². The Hall–Kier alpha value is -1.98. The molecule has 1 aliphatic rings. The summed E-state index contributed by atoms with van der Waals surface area (Å²) < 4.78 is 28.7. The number of nitrogens with zero attached hydrogens (tertiary/aromatic N) is 6. The molecule has 1 saturated heterocycles. The maximum absolute atomic E-state index is 12.8. The zero-order chi connectivity index (χ0) is 21.0. The average molecular weight is 439 g/mol. The molecular formula is C18H26N6O3S2. The van der Waals surface area contributed by atoms with Crippen LogP contribution in [0.15, 0.2) is 34.3 Å². The number of thioether (sulfide) groups is 1. The highest BCUT2D eigenvalue weighted by atomic mass is 32.2. The summed E-state index contributed by atoms with van der Waals surface area (Å²) in [4.78, 5) is 14.5. The van der Waals surface area contributed by atoms with E-state index in [0.717, 1.165) is 5.56 Å². The fourth-order valence-corrected chi connectivity index (χ4v) is 5.23. The van der Waals surface area contributed by atoms with Crippen LogP contribution >= 0.6 is 11.8 Å². The lowest BCUT2D eigenvalue weighted by Crippen LogP contribution is -2.50. The average Bonchev–Trinajstić information content (AvgIpc) is 3.13. The van der Waals surface area contributed by atoms with E-state index in [1.165, 1.54) is 16.1 Å². The number of rotatable bonds is 7. The molecule has 1 aromatic heterocycles. The van der Waals surface area contributed by atoms with Gasteiger partial charge in [0.15, 0.2) is 0 Å². The van der Waals surface area contributed by atoms with Gasteiger partial charge in [-0.2, -0.15) is 4.31 Å². The molecular weight excluding hydrogens is 412 g/mol. The highest BCUT2D eigenvalue weighted by molar-refractivity contribution is 7.99. The van der Waals surface area contributed by atoms with Gasteiger partial charge in [-0.1, -0.05) is 43.3 Å². The molecule has 0 atom stereocenters. The number of hydrogen-bond acceptors (Lipinski definition) is 7. The van der Waals surface area contributed by atoms with E-state index in [1.807, 2.05) is 6.92 Å². The summed E-state index contributed by atoms with van der Waals surface area (Å²) in [6.07, 6.45) is 0. The zero-order valence-corrected chi connectivity index (χ0v) is 18.5. The van der Waals surface area contributed by atoms with E-state index in [9.17, 15) is 13.2 Å². The molecule has 0 N–H and O–H groups in total. The van der Waals surface area contributed by atoms with Crippen molar-refractivity contribution in [1.82, 2.24) is 29.4 Å². The molecule has 1 fully saturated rings. The van der Waals surface area contributed by atoms with Crippen molar-refractivity contribution >= 4 is 27.7 Å². The van der Waals surface area contributed by atoms with Crippen molar-refractivity contribution in [2.24, 2.45) is 5.92 Å². The number of aromatic nitrogens is 4. The molecule has 0 bridgehead atoms. The number of amides is 1. The van der Waals surface area contributed by atoms with Crippen LogP contribution in [0.3, 0.4) is 0 Å². The van der Waals surface area contributed by atoms with Crippen LogP contribution in [-0.4, -0.2) is 75.7 Å². The van der Waals surface area contributed by atoms with Crippen molar-refractivity contribution in [3.05, 3.63) is 29.8 Å². The summed E-state index contributed by atoms with van der Waals surface area (Å²) in [7, 11) is -3.53. The van der Waals surface area contributed by atoms with Crippen LogP contribution in [0.2, 0.25) is 0 Å². The first kappa shape index (κ1) is 21.7. The van der Waals surface area contributed by atoms with Gasteiger partial charge in [0.1, 0.15) is 0 Å². The van der Waals surface area contributed by atoms with E-state index >= 15 is 0 Å². The molecule has 3 rings (SSSR count). The Morgan fingerprint density at radius 1 is 1.14 bits per heavy atom. The minimum Gasteiger partial charge on any atom is -0.339 e. The van der Waals surface area contributed by atoms with Crippen molar-refractivity contribution in [2.45, 2.75) is 37.4 Å². The quantitative estimate of drug-likeness (QED) is 0.600. The van der Waals surface area contributed by atoms with Crippen LogP contribution in [0.1, 0.15) is 19.4 Å². The summed E-state index contributed by atoms with van der Waals surface area (Å²) in [5, 5.41) is 12.2. The van der Waals surface area contributed by atoms with E-state index in [4.69, 9.17) is 0 Å². The lowest BCUT2D eigenvalue weighted by atomic mass is 10.2. The van der Waals surface area contributed by atoms with Crippen LogP contribution in [0, 0.1) is 12.8 Å². The SMILES string of the molecule is Cc1ccc(S(=O)(=O)N2CCN(C(=O)CSc3nnnn3CC(C)C)CC2)cc1. The van der Waals surface area contributed by atoms with Gasteiger partial charge in [0.2, 0.25) is 21.1 Å². The summed E-state index contributed by atoms with van der Waals surface area (Å²) in [5.74, 6) is 0.585. The van der Waals surface area contributed by atoms with E-state index in [0.29, 0.717) is 30.7 Å². The Morgan fingerprint density at radius 3 is 2.41 bits per heavy atom. The molecule has 11 heteroatoms. The van der Waals surface area contributed by atoms with Gasteiger partial charge in [-0.25, -0.2) is 13.1 Å². The van der Waals surface area contributed by atoms with Crippen LogP contribution in [0.4, 0.5) is 0 Å². The monoisotopic (exact) mass is 438 g/mol. The number of benzene rings is 1. The summed E-state index contributed by atoms with van der Waals surface area (Å²) in [6.45, 7) is 8.09. The van der Waals surface area contributed by atoms with E-state index in [2.05, 4.69) is 29.4 Å². The second-order valence-electron chi connectivity index (χ2n) is 7.42. The predicted octanol–water partition coefficient (Wildman–Crippen LogP) is 1.26. The highest BCUT2D eigenvalue weighted by Gasteiger charge is 2.30. The molecule has 0 unspecified atom stereocenters. The first-order chi connectivity index (χ1) is 13.8. The standard InChI is InChI=1S/C18H26N6O3S2/c1-14(2)12-24-18(19-20-21-24)28-13-17(25)22-8-10-23(11-9-22)29(26,27)16-6-4-15(3)5-7-16/h4-7,14H,8-13H2,1-3H3. The van der Waals surface area contributed by atoms with E-state index < -0.39 is 10.0 Å². The Bertz CT molecular complexity index is 935. The largest absolute Gasteiger partial charge is 0.339 e. The number of hydrogen-bond donors (Lipinski definition) is 0. The Labute approximate surface area is 175 Å². The predicted molar refractivity (Wildman–Crippen MR) is 110 cm³/mol. The van der Waals surface area contributed by atoms with Crippen LogP contribution in [0.25, 0.3) is 0 Å². The second kappa shape index (κ2) is 9.23. The Balaban J connectivity index is 1.53. The van der Waals surface area contributed by atoms with Crippen molar-refractivity contribution in [3.63, 3.8) is 0 Å². The number of piperazine rings is 1. The molecule has 2 heterocycles. The fourth-order valence-electron chi connectivity index (χ4n) is 3.02. The third-order valence-corrected chi connectivity index (χ3v) is 7.47. The van der Waals surface area contributed by atoms with Gasteiger partial charge < -0.3 is 4.90 Å². The summed E-state index contributed by atoms with van der Waals surface area (Å²) >= 11 is 1.31. The number of sulfonamides is 1. The number of carbonyl (C=O) groups is 1. The smallest absolute Gasteiger partial charge is 0.243 e. The van der Waals surface area contributed by atoms with Crippen LogP contribution < -0.4 is 0 Å². The van der Waals surface area contributed by atoms with Gasteiger partial charge in [-0.3, -0.25) is 4.79 Å². The Morgan fingerprint density at radius 2 is 1.79 bits per heavy atom. The zero-order valence-electron chi connectivity index (χ0n) is 16.9. The normalized spacial score (nSPS) is 15.8. The molecule has 1 aliphatic heterocycles. The molecule has 2 aromatic rings. The molecule has 0 aliphatic carbocycles. The highest BCUT2D eigenvalue weighted by Crippen LogP contribution is 2.20. The van der Waals surface area contributed by atoms with Gasteiger partial charge in [-0.15, -0.1) is 5.10 Å². The second-order valence-corrected chi connectivity index (χ2v) is 10.3. The molecule has 1 amide bonds. The fraction of sp³-hybridized carbons (Fsp3) is 0.556. The molecule has 29 heavy (non-hydrogen) atoms. The lowest BCUT2D eigenvalue weighted by Gasteiger charge is -2.34. The summed E-state index contributed by atoms with van der Waals surface area (Å²) in [5.41, 5.74) is 1.01. The number of aryl methyl sites for hydroxylation is 1. The molecule has 0 radical (unpaired) electrons. The van der Waals surface area contributed by atoms with E-state index in [1.54, 1.807) is 33.8 Å². The first-order valence-corrected chi connectivity index (χ1v) is 11.9. The topological polar surface area (TPSA) is 101 Å². The van der Waals surface area contributed by atoms with Crippen LogP contribution in [0.5, 0.6) is 0 Å². The third kappa shape index (κ3) is 5.34. The van der Waals surface area contributed by atoms with Crippen LogP contribution in [-0.2, 0) is 21.4 Å². The maximum Gasteiger partial charge on any atom is 0.243 e. The van der Waals surface area contributed by atoms with Gasteiger partial charge in [0.25, 0.3) is 0 Å². The van der Waals surface area contributed by atoms with Gasteiger partial charge in [0, 0.05) is 32.7 Å². The molecule has 0 spiro atoms. The number of carbonyl (C=O) groups excluding carboxylic acids is 1. The molecule has 1 aromatic carbocycles. The van der Waals surface area contributed by atoms with Crippen molar-refractivity contribution in [2.75, 3.05) is 31.9 Å². The Kier molecular flexibility index (Phi) is 6.91. The van der Waals surface area contributed by atoms with Crippen molar-refractivity contribution < 1.29 is 13.2 Å². The minimum atomic E-state index is -3.53. The van der Waals surface area contributed by atoms with Crippen molar-refractivity contribution in [3.8, 4) is 0 Å². The molecule has 9 nitrogen and oxygen atoms in total. The first-order valence-electron chi connectivity index (χ1n) is 9.51. The van der Waals surface area contributed by atoms with Gasteiger partial charge in [0.05, 0.1) is 10.6 Å². The summed E-state index contributed by atoms with van der Waals surface area (Å²) in [6, 6.07) is 6.83. The van der Waals surface area contributed by atoms with Gasteiger partial charge >= 0.3 is 0 Å². The molecule has 0 saturated carbocycles.